The van der Waals surface area contributed by atoms with Crippen LogP contribution >= 0.6 is 15.9 Å². The van der Waals surface area contributed by atoms with Gasteiger partial charge in [-0.15, -0.1) is 0 Å². The first kappa shape index (κ1) is 17.3. The summed E-state index contributed by atoms with van der Waals surface area (Å²) in [6.45, 7) is 9.73. The van der Waals surface area contributed by atoms with E-state index in [4.69, 9.17) is 4.74 Å². The highest BCUT2D eigenvalue weighted by Crippen LogP contribution is 2.56. The van der Waals surface area contributed by atoms with Crippen LogP contribution in [0.1, 0.15) is 39.1 Å². The van der Waals surface area contributed by atoms with E-state index in [9.17, 15) is 4.79 Å². The number of hydrogen-bond acceptors (Lipinski definition) is 3. The largest absolute Gasteiger partial charge is 0.444 e. The zero-order valence-corrected chi connectivity index (χ0v) is 16.7. The maximum Gasteiger partial charge on any atom is 0.411 e. The topological polar surface area (TPSA) is 58.2 Å². The number of hydrogen-bond donors (Lipinski definition) is 1. The fraction of sp³-hybridized carbons (Fsp3) is 0.400. The molecule has 2 heterocycles. The SMILES string of the molecule is C=C1[C@@H]2[C@H]1CC(c1ncc(-c3ccc(Br)cc3)[nH]1)N2C(=O)OC(C)(C)C. The zero-order chi connectivity index (χ0) is 18.6. The lowest BCUT2D eigenvalue weighted by Gasteiger charge is -2.29. The Morgan fingerprint density at radius 3 is 2.69 bits per heavy atom. The molecule has 0 radical (unpaired) electrons. The van der Waals surface area contributed by atoms with Gasteiger partial charge in [0.1, 0.15) is 11.4 Å². The standard InChI is InChI=1S/C20H22BrN3O2/c1-11-14-9-16(24(17(11)14)19(25)26-20(2,3)4)18-22-10-15(23-18)12-5-7-13(21)8-6-12/h5-8,10,14,16-17H,1,9H2,2-4H3,(H,22,23)/t14-,16?,17+/m0/s1. The van der Waals surface area contributed by atoms with Gasteiger partial charge in [-0.1, -0.05) is 34.6 Å². The summed E-state index contributed by atoms with van der Waals surface area (Å²) in [4.78, 5) is 22.5. The number of rotatable bonds is 2. The van der Waals surface area contributed by atoms with Crippen LogP contribution in [0.5, 0.6) is 0 Å². The lowest BCUT2D eigenvalue weighted by atomic mass is 10.1. The van der Waals surface area contributed by atoms with Gasteiger partial charge < -0.3 is 9.72 Å². The van der Waals surface area contributed by atoms with Crippen LogP contribution in [-0.4, -0.2) is 32.6 Å². The quantitative estimate of drug-likeness (QED) is 0.695. The highest BCUT2D eigenvalue weighted by Gasteiger charge is 2.59. The molecule has 1 aliphatic heterocycles. The van der Waals surface area contributed by atoms with Crippen molar-refractivity contribution < 1.29 is 9.53 Å². The summed E-state index contributed by atoms with van der Waals surface area (Å²) in [5.41, 5.74) is 2.59. The van der Waals surface area contributed by atoms with Crippen LogP contribution in [0.15, 0.2) is 47.1 Å². The van der Waals surface area contributed by atoms with E-state index >= 15 is 0 Å². The van der Waals surface area contributed by atoms with Crippen LogP contribution in [-0.2, 0) is 4.74 Å². The van der Waals surface area contributed by atoms with Crippen LogP contribution in [0.25, 0.3) is 11.3 Å². The number of carbonyl (C=O) groups excluding carboxylic acids is 1. The first-order chi connectivity index (χ1) is 12.2. The molecular formula is C20H22BrN3O2. The lowest BCUT2D eigenvalue weighted by Crippen LogP contribution is -2.39. The van der Waals surface area contributed by atoms with Crippen molar-refractivity contribution in [3.05, 3.63) is 52.9 Å². The van der Waals surface area contributed by atoms with E-state index in [1.54, 1.807) is 0 Å². The maximum absolute atomic E-state index is 12.8. The molecule has 1 saturated heterocycles. The van der Waals surface area contributed by atoms with E-state index < -0.39 is 5.60 Å². The number of likely N-dealkylation sites (tertiary alicyclic amines) is 1. The molecule has 1 N–H and O–H groups in total. The lowest BCUT2D eigenvalue weighted by molar-refractivity contribution is 0.0188. The van der Waals surface area contributed by atoms with Crippen molar-refractivity contribution in [3.8, 4) is 11.3 Å². The van der Waals surface area contributed by atoms with Crippen LogP contribution in [0.4, 0.5) is 4.79 Å². The first-order valence-corrected chi connectivity index (χ1v) is 9.55. The van der Waals surface area contributed by atoms with E-state index in [1.807, 2.05) is 56.1 Å². The molecule has 6 heteroatoms. The number of halogens is 1. The number of aromatic nitrogens is 2. The molecule has 0 bridgehead atoms. The van der Waals surface area contributed by atoms with Gasteiger partial charge in [0.15, 0.2) is 0 Å². The maximum atomic E-state index is 12.8. The fourth-order valence-corrected chi connectivity index (χ4v) is 3.90. The number of carbonyl (C=O) groups is 1. The third kappa shape index (κ3) is 3.07. The summed E-state index contributed by atoms with van der Waals surface area (Å²) in [6.07, 6.45) is 2.37. The molecule has 5 nitrogen and oxygen atoms in total. The molecule has 2 aliphatic rings. The van der Waals surface area contributed by atoms with Gasteiger partial charge in [0.2, 0.25) is 0 Å². The van der Waals surface area contributed by atoms with Crippen LogP contribution < -0.4 is 0 Å². The predicted octanol–water partition coefficient (Wildman–Crippen LogP) is 5.08. The van der Waals surface area contributed by atoms with Gasteiger partial charge in [0, 0.05) is 10.4 Å². The number of piperidine rings is 1. The van der Waals surface area contributed by atoms with Crippen LogP contribution in [0, 0.1) is 5.92 Å². The Bertz CT molecular complexity index is 866. The van der Waals surface area contributed by atoms with Gasteiger partial charge in [-0.25, -0.2) is 9.78 Å². The van der Waals surface area contributed by atoms with Crippen molar-refractivity contribution in [1.82, 2.24) is 14.9 Å². The molecule has 26 heavy (non-hydrogen) atoms. The number of H-pyrrole nitrogens is 1. The molecule has 1 amide bonds. The summed E-state index contributed by atoms with van der Waals surface area (Å²) in [5.74, 6) is 1.16. The van der Waals surface area contributed by atoms with Crippen molar-refractivity contribution >= 4 is 22.0 Å². The Balaban J connectivity index is 1.59. The normalized spacial score (nSPS) is 24.5. The third-order valence-electron chi connectivity index (χ3n) is 4.91. The van der Waals surface area contributed by atoms with Crippen LogP contribution in [0.2, 0.25) is 0 Å². The molecular weight excluding hydrogens is 394 g/mol. The summed E-state index contributed by atoms with van der Waals surface area (Å²) in [6, 6.07) is 8.03. The number of benzene rings is 1. The van der Waals surface area contributed by atoms with E-state index in [2.05, 4.69) is 32.5 Å². The second-order valence-corrected chi connectivity index (χ2v) is 8.87. The van der Waals surface area contributed by atoms with Gasteiger partial charge in [-0.2, -0.15) is 0 Å². The molecule has 1 aliphatic carbocycles. The molecule has 3 atom stereocenters. The van der Waals surface area contributed by atoms with Crippen LogP contribution in [0.3, 0.4) is 0 Å². The van der Waals surface area contributed by atoms with Crippen molar-refractivity contribution in [2.45, 2.75) is 44.9 Å². The molecule has 2 fully saturated rings. The molecule has 1 aromatic heterocycles. The highest BCUT2D eigenvalue weighted by molar-refractivity contribution is 9.10. The number of imidazole rings is 1. The number of nitrogens with one attached hydrogen (secondary N) is 1. The van der Waals surface area contributed by atoms with E-state index in [0.29, 0.717) is 5.92 Å². The van der Waals surface area contributed by atoms with Crippen molar-refractivity contribution in [2.75, 3.05) is 0 Å². The third-order valence-corrected chi connectivity index (χ3v) is 5.44. The van der Waals surface area contributed by atoms with Crippen molar-refractivity contribution in [2.24, 2.45) is 5.92 Å². The van der Waals surface area contributed by atoms with Gasteiger partial charge in [-0.05, 0) is 50.5 Å². The highest BCUT2D eigenvalue weighted by atomic mass is 79.9. The number of fused-ring (bicyclic) bond motifs is 1. The van der Waals surface area contributed by atoms with Crippen molar-refractivity contribution in [1.29, 1.82) is 0 Å². The summed E-state index contributed by atoms with van der Waals surface area (Å²) >= 11 is 3.45. The van der Waals surface area contributed by atoms with E-state index in [0.717, 1.165) is 33.5 Å². The molecule has 2 aromatic rings. The Morgan fingerprint density at radius 2 is 2.04 bits per heavy atom. The molecule has 1 saturated carbocycles. The first-order valence-electron chi connectivity index (χ1n) is 8.75. The second-order valence-electron chi connectivity index (χ2n) is 7.95. The summed E-state index contributed by atoms with van der Waals surface area (Å²) in [5, 5.41) is 0. The van der Waals surface area contributed by atoms with Gasteiger partial charge in [-0.3, -0.25) is 4.90 Å². The van der Waals surface area contributed by atoms with Crippen molar-refractivity contribution in [3.63, 3.8) is 0 Å². The average molecular weight is 416 g/mol. The fourth-order valence-electron chi connectivity index (χ4n) is 3.64. The number of nitrogens with zero attached hydrogens (tertiary/aromatic N) is 2. The smallest absolute Gasteiger partial charge is 0.411 e. The minimum atomic E-state index is -0.526. The number of aromatic amines is 1. The summed E-state index contributed by atoms with van der Waals surface area (Å²) < 4.78 is 6.66. The monoisotopic (exact) mass is 415 g/mol. The zero-order valence-electron chi connectivity index (χ0n) is 15.1. The molecule has 4 rings (SSSR count). The van der Waals surface area contributed by atoms with E-state index in [-0.39, 0.29) is 18.2 Å². The van der Waals surface area contributed by atoms with Gasteiger partial charge in [0.25, 0.3) is 0 Å². The molecule has 1 aromatic carbocycles. The minimum absolute atomic E-state index is 0.0797. The molecule has 1 unspecified atom stereocenters. The van der Waals surface area contributed by atoms with E-state index in [1.165, 1.54) is 0 Å². The Labute approximate surface area is 161 Å². The van der Waals surface area contributed by atoms with Gasteiger partial charge >= 0.3 is 6.09 Å². The summed E-state index contributed by atoms with van der Waals surface area (Å²) in [7, 11) is 0. The minimum Gasteiger partial charge on any atom is -0.444 e. The average Bonchev–Trinajstić information content (AvgIpc) is 2.98. The Morgan fingerprint density at radius 1 is 1.35 bits per heavy atom. The number of amides is 1. The molecule has 136 valence electrons. The van der Waals surface area contributed by atoms with Gasteiger partial charge in [0.05, 0.1) is 24.0 Å². The Hall–Kier alpha value is -2.08. The second kappa shape index (κ2) is 5.98. The molecule has 0 spiro atoms. The predicted molar refractivity (Wildman–Crippen MR) is 104 cm³/mol. The Kier molecular flexibility index (Phi) is 3.99. The number of ether oxygens (including phenoxy) is 1.